The summed E-state index contributed by atoms with van der Waals surface area (Å²) in [6, 6.07) is 0. The quantitative estimate of drug-likeness (QED) is 0.789. The number of hydrogen-bond acceptors (Lipinski definition) is 5. The molecule has 100 valence electrons. The monoisotopic (exact) mass is 280 g/mol. The normalized spacial score (nSPS) is 17.0. The number of carbonyl (C=O) groups is 1. The van der Waals surface area contributed by atoms with Gasteiger partial charge in [-0.25, -0.2) is 0 Å². The highest BCUT2D eigenvalue weighted by Gasteiger charge is 2.25. The minimum absolute atomic E-state index is 0.0478. The van der Waals surface area contributed by atoms with Gasteiger partial charge in [-0.3, -0.25) is 9.89 Å². The Kier molecular flexibility index (Phi) is 2.98. The summed E-state index contributed by atoms with van der Waals surface area (Å²) in [5.41, 5.74) is 5.95. The van der Waals surface area contributed by atoms with Crippen molar-refractivity contribution in [2.24, 2.45) is 11.7 Å². The van der Waals surface area contributed by atoms with Gasteiger partial charge in [-0.1, -0.05) is 0 Å². The van der Waals surface area contributed by atoms with E-state index in [0.717, 1.165) is 37.1 Å². The third kappa shape index (κ3) is 2.21. The summed E-state index contributed by atoms with van der Waals surface area (Å²) in [5, 5.41) is 7.75. The fourth-order valence-corrected chi connectivity index (χ4v) is 2.57. The first-order chi connectivity index (χ1) is 9.15. The molecule has 3 N–H and O–H groups in total. The fourth-order valence-electron chi connectivity index (χ4n) is 2.41. The zero-order valence-electron chi connectivity index (χ0n) is 10.1. The smallest absolute Gasteiger partial charge is 0.226 e. The average molecular weight is 281 g/mol. The van der Waals surface area contributed by atoms with Crippen molar-refractivity contribution in [3.8, 4) is 0 Å². The Morgan fingerprint density at radius 2 is 2.16 bits per heavy atom. The van der Waals surface area contributed by atoms with Crippen molar-refractivity contribution in [2.75, 3.05) is 18.0 Å². The Bertz CT molecular complexity index is 619. The Morgan fingerprint density at radius 1 is 1.42 bits per heavy atom. The highest BCUT2D eigenvalue weighted by molar-refractivity contribution is 6.28. The van der Waals surface area contributed by atoms with Crippen molar-refractivity contribution in [3.05, 3.63) is 11.5 Å². The van der Waals surface area contributed by atoms with E-state index in [2.05, 4.69) is 25.1 Å². The number of aromatic nitrogens is 4. The first kappa shape index (κ1) is 12.2. The molecule has 1 fully saturated rings. The predicted octanol–water partition coefficient (Wildman–Crippen LogP) is 0.708. The molecule has 2 aromatic heterocycles. The lowest BCUT2D eigenvalue weighted by Crippen LogP contribution is -2.39. The molecule has 3 heterocycles. The molecular weight excluding hydrogens is 268 g/mol. The number of halogens is 1. The number of nitrogens with two attached hydrogens (primary N) is 1. The Balaban J connectivity index is 1.89. The number of nitrogens with zero attached hydrogens (tertiary/aromatic N) is 4. The van der Waals surface area contributed by atoms with Crippen molar-refractivity contribution in [3.63, 3.8) is 0 Å². The molecule has 0 unspecified atom stereocenters. The number of hydrogen-bond donors (Lipinski definition) is 2. The number of primary amides is 1. The highest BCUT2D eigenvalue weighted by atomic mass is 35.5. The van der Waals surface area contributed by atoms with Gasteiger partial charge in [-0.15, -0.1) is 0 Å². The van der Waals surface area contributed by atoms with E-state index in [1.54, 1.807) is 6.20 Å². The van der Waals surface area contributed by atoms with Crippen LogP contribution in [-0.4, -0.2) is 39.2 Å². The van der Waals surface area contributed by atoms with E-state index in [4.69, 9.17) is 17.3 Å². The van der Waals surface area contributed by atoms with Crippen LogP contribution >= 0.6 is 11.6 Å². The second kappa shape index (κ2) is 4.65. The first-order valence-corrected chi connectivity index (χ1v) is 6.44. The minimum atomic E-state index is -0.228. The molecular formula is C11H13ClN6O. The molecule has 1 amide bonds. The van der Waals surface area contributed by atoms with Gasteiger partial charge in [0.05, 0.1) is 11.6 Å². The van der Waals surface area contributed by atoms with Crippen LogP contribution < -0.4 is 10.6 Å². The first-order valence-electron chi connectivity index (χ1n) is 6.06. The highest BCUT2D eigenvalue weighted by Crippen LogP contribution is 2.27. The second-order valence-corrected chi connectivity index (χ2v) is 4.95. The lowest BCUT2D eigenvalue weighted by molar-refractivity contribution is -0.122. The molecule has 7 nitrogen and oxygen atoms in total. The maximum Gasteiger partial charge on any atom is 0.226 e. The van der Waals surface area contributed by atoms with E-state index < -0.39 is 0 Å². The molecule has 0 aromatic carbocycles. The van der Waals surface area contributed by atoms with Gasteiger partial charge >= 0.3 is 0 Å². The summed E-state index contributed by atoms with van der Waals surface area (Å²) in [6.07, 6.45) is 3.15. The van der Waals surface area contributed by atoms with Crippen LogP contribution in [0, 0.1) is 5.92 Å². The molecule has 3 rings (SSSR count). The summed E-state index contributed by atoms with van der Waals surface area (Å²) >= 11 is 5.91. The van der Waals surface area contributed by atoms with Gasteiger partial charge in [0, 0.05) is 19.0 Å². The number of amides is 1. The topological polar surface area (TPSA) is 101 Å². The number of anilines is 1. The third-order valence-electron chi connectivity index (χ3n) is 3.46. The van der Waals surface area contributed by atoms with Crippen LogP contribution in [0.5, 0.6) is 0 Å². The summed E-state index contributed by atoms with van der Waals surface area (Å²) in [5.74, 6) is 0.480. The van der Waals surface area contributed by atoms with Crippen molar-refractivity contribution >= 4 is 34.4 Å². The van der Waals surface area contributed by atoms with Crippen LogP contribution in [0.2, 0.25) is 5.28 Å². The van der Waals surface area contributed by atoms with Gasteiger partial charge in [-0.05, 0) is 24.4 Å². The number of aromatic amines is 1. The zero-order chi connectivity index (χ0) is 13.4. The number of nitrogens with one attached hydrogen (secondary N) is 1. The van der Waals surface area contributed by atoms with E-state index in [9.17, 15) is 4.79 Å². The molecule has 0 spiro atoms. The average Bonchev–Trinajstić information content (AvgIpc) is 2.85. The number of H-pyrrole nitrogens is 1. The van der Waals surface area contributed by atoms with E-state index >= 15 is 0 Å². The van der Waals surface area contributed by atoms with Crippen LogP contribution in [0.3, 0.4) is 0 Å². The van der Waals surface area contributed by atoms with E-state index in [1.165, 1.54) is 0 Å². The predicted molar refractivity (Wildman–Crippen MR) is 70.8 cm³/mol. The molecule has 19 heavy (non-hydrogen) atoms. The van der Waals surface area contributed by atoms with Gasteiger partial charge in [0.25, 0.3) is 0 Å². The Morgan fingerprint density at radius 3 is 2.84 bits per heavy atom. The lowest BCUT2D eigenvalue weighted by Gasteiger charge is -2.31. The van der Waals surface area contributed by atoms with Crippen molar-refractivity contribution in [2.45, 2.75) is 12.8 Å². The Labute approximate surface area is 114 Å². The van der Waals surface area contributed by atoms with Gasteiger partial charge in [0.2, 0.25) is 11.2 Å². The molecule has 0 aliphatic carbocycles. The molecule has 1 saturated heterocycles. The molecule has 0 atom stereocenters. The van der Waals surface area contributed by atoms with Gasteiger partial charge < -0.3 is 10.6 Å². The Hall–Kier alpha value is -1.89. The minimum Gasteiger partial charge on any atom is -0.369 e. The molecule has 0 radical (unpaired) electrons. The van der Waals surface area contributed by atoms with E-state index in [0.29, 0.717) is 5.65 Å². The third-order valence-corrected chi connectivity index (χ3v) is 3.63. The SMILES string of the molecule is NC(=O)C1CCN(c2nc(Cl)nc3[nH]ncc23)CC1. The summed E-state index contributed by atoms with van der Waals surface area (Å²) < 4.78 is 0. The van der Waals surface area contributed by atoms with Crippen molar-refractivity contribution in [1.29, 1.82) is 0 Å². The van der Waals surface area contributed by atoms with E-state index in [1.807, 2.05) is 0 Å². The molecule has 8 heteroatoms. The van der Waals surface area contributed by atoms with Crippen LogP contribution in [-0.2, 0) is 4.79 Å². The van der Waals surface area contributed by atoms with Gasteiger partial charge in [0.15, 0.2) is 5.65 Å². The zero-order valence-corrected chi connectivity index (χ0v) is 10.9. The lowest BCUT2D eigenvalue weighted by atomic mass is 9.96. The van der Waals surface area contributed by atoms with Crippen molar-refractivity contribution < 1.29 is 4.79 Å². The summed E-state index contributed by atoms with van der Waals surface area (Å²) in [4.78, 5) is 21.6. The number of carbonyl (C=O) groups excluding carboxylic acids is 1. The second-order valence-electron chi connectivity index (χ2n) is 4.61. The fraction of sp³-hybridized carbons (Fsp3) is 0.455. The van der Waals surface area contributed by atoms with Gasteiger partial charge in [0.1, 0.15) is 5.82 Å². The number of fused-ring (bicyclic) bond motifs is 1. The molecule has 1 aliphatic heterocycles. The maximum absolute atomic E-state index is 11.2. The molecule has 0 bridgehead atoms. The standard InChI is InChI=1S/C11H13ClN6O/c12-11-15-9-7(5-14-17-9)10(16-11)18-3-1-6(2-4-18)8(13)19/h5-6H,1-4H2,(H2,13,19)(H,14,15,16,17). The van der Waals surface area contributed by atoms with Gasteiger partial charge in [-0.2, -0.15) is 15.1 Å². The largest absolute Gasteiger partial charge is 0.369 e. The van der Waals surface area contributed by atoms with Crippen LogP contribution in [0.15, 0.2) is 6.20 Å². The number of rotatable bonds is 2. The molecule has 0 saturated carbocycles. The molecule has 2 aromatic rings. The van der Waals surface area contributed by atoms with E-state index in [-0.39, 0.29) is 17.1 Å². The van der Waals surface area contributed by atoms with Crippen molar-refractivity contribution in [1.82, 2.24) is 20.2 Å². The summed E-state index contributed by atoms with van der Waals surface area (Å²) in [7, 11) is 0. The van der Waals surface area contributed by atoms with Crippen LogP contribution in [0.4, 0.5) is 5.82 Å². The summed E-state index contributed by atoms with van der Waals surface area (Å²) in [6.45, 7) is 1.45. The van der Waals surface area contributed by atoms with Crippen LogP contribution in [0.1, 0.15) is 12.8 Å². The maximum atomic E-state index is 11.2. The van der Waals surface area contributed by atoms with Crippen LogP contribution in [0.25, 0.3) is 11.0 Å². The number of piperidine rings is 1. The molecule has 1 aliphatic rings.